The molecule has 106 valence electrons. The summed E-state index contributed by atoms with van der Waals surface area (Å²) < 4.78 is 20.0. The predicted octanol–water partition coefficient (Wildman–Crippen LogP) is 2.20. The summed E-state index contributed by atoms with van der Waals surface area (Å²) in [6.45, 7) is 6.57. The van der Waals surface area contributed by atoms with Crippen LogP contribution in [0, 0.1) is 5.82 Å². The van der Waals surface area contributed by atoms with Crippen molar-refractivity contribution in [3.8, 4) is 0 Å². The van der Waals surface area contributed by atoms with Gasteiger partial charge >= 0.3 is 0 Å². The minimum atomic E-state index is -0.148. The normalized spacial score (nSPS) is 24.9. The Morgan fingerprint density at radius 2 is 2.16 bits per heavy atom. The van der Waals surface area contributed by atoms with E-state index in [-0.39, 0.29) is 18.0 Å². The molecule has 2 unspecified atom stereocenters. The van der Waals surface area contributed by atoms with E-state index in [2.05, 4.69) is 24.1 Å². The Morgan fingerprint density at radius 3 is 2.79 bits per heavy atom. The molecular weight excluding hydrogens is 243 g/mol. The summed E-state index contributed by atoms with van der Waals surface area (Å²) in [5.74, 6) is -0.148. The van der Waals surface area contributed by atoms with Crippen LogP contribution in [0.5, 0.6) is 0 Å². The van der Waals surface area contributed by atoms with Gasteiger partial charge in [-0.3, -0.25) is 4.90 Å². The van der Waals surface area contributed by atoms with E-state index in [1.807, 2.05) is 19.2 Å². The van der Waals surface area contributed by atoms with Crippen molar-refractivity contribution >= 4 is 0 Å². The smallest absolute Gasteiger partial charge is 0.128 e. The lowest BCUT2D eigenvalue weighted by Crippen LogP contribution is -2.51. The molecule has 1 aromatic carbocycles. The summed E-state index contributed by atoms with van der Waals surface area (Å²) in [5.41, 5.74) is 0.733. The summed E-state index contributed by atoms with van der Waals surface area (Å²) in [6, 6.07) is 7.36. The summed E-state index contributed by atoms with van der Waals surface area (Å²) in [6.07, 6.45) is -0.0157. The number of hydrogen-bond acceptors (Lipinski definition) is 3. The maximum Gasteiger partial charge on any atom is 0.128 e. The number of ether oxygens (including phenoxy) is 1. The summed E-state index contributed by atoms with van der Waals surface area (Å²) in [7, 11) is 1.90. The second-order valence-corrected chi connectivity index (χ2v) is 5.26. The Morgan fingerprint density at radius 1 is 1.42 bits per heavy atom. The van der Waals surface area contributed by atoms with E-state index in [9.17, 15) is 4.39 Å². The van der Waals surface area contributed by atoms with Gasteiger partial charge in [0.2, 0.25) is 0 Å². The van der Waals surface area contributed by atoms with Crippen molar-refractivity contribution in [2.75, 3.05) is 26.7 Å². The molecule has 3 nitrogen and oxygen atoms in total. The first kappa shape index (κ1) is 14.4. The van der Waals surface area contributed by atoms with Gasteiger partial charge in [-0.2, -0.15) is 0 Å². The van der Waals surface area contributed by atoms with Crippen molar-refractivity contribution in [1.29, 1.82) is 0 Å². The molecule has 2 rings (SSSR count). The van der Waals surface area contributed by atoms with Gasteiger partial charge in [0.25, 0.3) is 0 Å². The fourth-order valence-corrected chi connectivity index (χ4v) is 2.80. The Kier molecular flexibility index (Phi) is 4.91. The minimum absolute atomic E-state index is 0.0157. The van der Waals surface area contributed by atoms with Crippen molar-refractivity contribution in [2.45, 2.75) is 32.0 Å². The zero-order valence-corrected chi connectivity index (χ0v) is 11.9. The van der Waals surface area contributed by atoms with Crippen molar-refractivity contribution in [1.82, 2.24) is 10.2 Å². The standard InChI is InChI=1S/C15H23FN2O/c1-11(2)18-8-9-19-14(10-17-3)15(18)12-6-4-5-7-13(12)16/h4-7,11,14-15,17H,8-10H2,1-3H3. The molecule has 19 heavy (non-hydrogen) atoms. The van der Waals surface area contributed by atoms with E-state index < -0.39 is 0 Å². The monoisotopic (exact) mass is 266 g/mol. The molecule has 1 heterocycles. The number of likely N-dealkylation sites (N-methyl/N-ethyl adjacent to an activating group) is 1. The third kappa shape index (κ3) is 3.14. The average Bonchev–Trinajstić information content (AvgIpc) is 2.40. The number of hydrogen-bond donors (Lipinski definition) is 1. The predicted molar refractivity (Wildman–Crippen MR) is 74.6 cm³/mol. The largest absolute Gasteiger partial charge is 0.374 e. The first-order chi connectivity index (χ1) is 9.15. The third-order valence-electron chi connectivity index (χ3n) is 3.68. The van der Waals surface area contributed by atoms with E-state index in [1.54, 1.807) is 6.07 Å². The third-order valence-corrected chi connectivity index (χ3v) is 3.68. The molecule has 0 spiro atoms. The van der Waals surface area contributed by atoms with E-state index >= 15 is 0 Å². The SMILES string of the molecule is CNCC1OCCN(C(C)C)C1c1ccccc1F. The van der Waals surface area contributed by atoms with Crippen LogP contribution in [0.4, 0.5) is 4.39 Å². The number of benzene rings is 1. The first-order valence-corrected chi connectivity index (χ1v) is 6.91. The maximum atomic E-state index is 14.1. The second-order valence-electron chi connectivity index (χ2n) is 5.26. The van der Waals surface area contributed by atoms with E-state index in [0.717, 1.165) is 18.7 Å². The van der Waals surface area contributed by atoms with E-state index in [0.29, 0.717) is 12.6 Å². The van der Waals surface area contributed by atoms with Crippen LogP contribution < -0.4 is 5.32 Å². The van der Waals surface area contributed by atoms with Crippen molar-refractivity contribution in [2.24, 2.45) is 0 Å². The first-order valence-electron chi connectivity index (χ1n) is 6.91. The fourth-order valence-electron chi connectivity index (χ4n) is 2.80. The lowest BCUT2D eigenvalue weighted by atomic mass is 9.96. The summed E-state index contributed by atoms with van der Waals surface area (Å²) >= 11 is 0. The van der Waals surface area contributed by atoms with Crippen LogP contribution in [-0.4, -0.2) is 43.8 Å². The molecule has 2 atom stereocenters. The van der Waals surface area contributed by atoms with Gasteiger partial charge in [-0.05, 0) is 27.0 Å². The molecule has 0 bridgehead atoms. The highest BCUT2D eigenvalue weighted by atomic mass is 19.1. The summed E-state index contributed by atoms with van der Waals surface area (Å²) in [5, 5.41) is 3.14. The minimum Gasteiger partial charge on any atom is -0.374 e. The van der Waals surface area contributed by atoms with E-state index in [4.69, 9.17) is 4.74 Å². The molecule has 0 amide bonds. The molecule has 1 aromatic rings. The van der Waals surface area contributed by atoms with Gasteiger partial charge in [-0.25, -0.2) is 4.39 Å². The van der Waals surface area contributed by atoms with Gasteiger partial charge in [-0.1, -0.05) is 18.2 Å². The lowest BCUT2D eigenvalue weighted by molar-refractivity contribution is -0.0825. The zero-order chi connectivity index (χ0) is 13.8. The van der Waals surface area contributed by atoms with Crippen molar-refractivity contribution < 1.29 is 9.13 Å². The molecule has 1 aliphatic rings. The van der Waals surface area contributed by atoms with E-state index in [1.165, 1.54) is 6.07 Å². The Labute approximate surface area is 114 Å². The lowest BCUT2D eigenvalue weighted by Gasteiger charge is -2.43. The van der Waals surface area contributed by atoms with Crippen molar-refractivity contribution in [3.05, 3.63) is 35.6 Å². The fraction of sp³-hybridized carbons (Fsp3) is 0.600. The van der Waals surface area contributed by atoms with Crippen LogP contribution in [0.3, 0.4) is 0 Å². The summed E-state index contributed by atoms with van der Waals surface area (Å²) in [4.78, 5) is 2.32. The number of morpholine rings is 1. The quantitative estimate of drug-likeness (QED) is 0.904. The molecule has 1 N–H and O–H groups in total. The van der Waals surface area contributed by atoms with Gasteiger partial charge in [0, 0.05) is 24.7 Å². The highest BCUT2D eigenvalue weighted by Crippen LogP contribution is 2.32. The highest BCUT2D eigenvalue weighted by molar-refractivity contribution is 5.23. The Bertz CT molecular complexity index is 409. The topological polar surface area (TPSA) is 24.5 Å². The molecular formula is C15H23FN2O. The molecule has 0 aliphatic carbocycles. The van der Waals surface area contributed by atoms with Gasteiger partial charge in [0.15, 0.2) is 0 Å². The highest BCUT2D eigenvalue weighted by Gasteiger charge is 2.35. The number of nitrogens with zero attached hydrogens (tertiary/aromatic N) is 1. The molecule has 0 saturated carbocycles. The van der Waals surface area contributed by atoms with Crippen LogP contribution in [0.15, 0.2) is 24.3 Å². The second kappa shape index (κ2) is 6.46. The molecule has 0 radical (unpaired) electrons. The maximum absolute atomic E-state index is 14.1. The van der Waals surface area contributed by atoms with Gasteiger partial charge in [0.1, 0.15) is 5.82 Å². The van der Waals surface area contributed by atoms with Gasteiger partial charge in [-0.15, -0.1) is 0 Å². The Balaban J connectivity index is 2.34. The van der Waals surface area contributed by atoms with Gasteiger partial charge < -0.3 is 10.1 Å². The number of halogens is 1. The van der Waals surface area contributed by atoms with Crippen LogP contribution >= 0.6 is 0 Å². The van der Waals surface area contributed by atoms with Crippen LogP contribution in [0.1, 0.15) is 25.5 Å². The Hall–Kier alpha value is -0.970. The van der Waals surface area contributed by atoms with Crippen LogP contribution in [-0.2, 0) is 4.74 Å². The van der Waals surface area contributed by atoms with Crippen LogP contribution in [0.25, 0.3) is 0 Å². The van der Waals surface area contributed by atoms with Gasteiger partial charge in [0.05, 0.1) is 18.8 Å². The molecule has 4 heteroatoms. The number of rotatable bonds is 4. The molecule has 1 fully saturated rings. The number of nitrogens with one attached hydrogen (secondary N) is 1. The molecule has 1 aliphatic heterocycles. The molecule has 1 saturated heterocycles. The van der Waals surface area contributed by atoms with Crippen molar-refractivity contribution in [3.63, 3.8) is 0 Å². The average molecular weight is 266 g/mol. The zero-order valence-electron chi connectivity index (χ0n) is 11.9. The van der Waals surface area contributed by atoms with Crippen LogP contribution in [0.2, 0.25) is 0 Å². The molecule has 0 aromatic heterocycles.